The molecule has 2 fully saturated rings. The Labute approximate surface area is 127 Å². The van der Waals surface area contributed by atoms with E-state index in [0.717, 1.165) is 24.0 Å². The van der Waals surface area contributed by atoms with Gasteiger partial charge in [0.1, 0.15) is 5.82 Å². The fourth-order valence-corrected chi connectivity index (χ4v) is 3.23. The zero-order chi connectivity index (χ0) is 13.9. The highest BCUT2D eigenvalue weighted by Gasteiger charge is 2.29. The van der Waals surface area contributed by atoms with Gasteiger partial charge in [-0.15, -0.1) is 0 Å². The summed E-state index contributed by atoms with van der Waals surface area (Å²) in [5.74, 6) is 0.616. The Morgan fingerprint density at radius 3 is 3.05 bits per heavy atom. The molecule has 2 N–H and O–H groups in total. The van der Waals surface area contributed by atoms with Crippen molar-refractivity contribution in [3.05, 3.63) is 22.8 Å². The number of hydrogen-bond acceptors (Lipinski definition) is 4. The summed E-state index contributed by atoms with van der Waals surface area (Å²) in [5, 5.41) is 6.47. The highest BCUT2D eigenvalue weighted by Crippen LogP contribution is 2.20. The van der Waals surface area contributed by atoms with E-state index in [-0.39, 0.29) is 5.91 Å². The second-order valence-electron chi connectivity index (χ2n) is 5.57. The van der Waals surface area contributed by atoms with E-state index >= 15 is 0 Å². The van der Waals surface area contributed by atoms with Crippen LogP contribution in [0.2, 0.25) is 0 Å². The van der Waals surface area contributed by atoms with E-state index in [0.29, 0.717) is 24.4 Å². The normalized spacial score (nSPS) is 26.2. The SMILES string of the molecule is O=C(CN1CCC2CCC(C1)N2)Nc1ccc(Br)cn1. The van der Waals surface area contributed by atoms with Crippen molar-refractivity contribution in [3.63, 3.8) is 0 Å². The van der Waals surface area contributed by atoms with E-state index in [1.807, 2.05) is 6.07 Å². The third kappa shape index (κ3) is 3.56. The van der Waals surface area contributed by atoms with Gasteiger partial charge in [-0.05, 0) is 47.3 Å². The molecule has 0 saturated carbocycles. The zero-order valence-corrected chi connectivity index (χ0v) is 12.9. The lowest BCUT2D eigenvalue weighted by Crippen LogP contribution is -2.39. The molecule has 3 heterocycles. The van der Waals surface area contributed by atoms with E-state index in [2.05, 4.69) is 36.4 Å². The lowest BCUT2D eigenvalue weighted by molar-refractivity contribution is -0.117. The van der Waals surface area contributed by atoms with Gasteiger partial charge in [-0.3, -0.25) is 9.69 Å². The number of nitrogens with one attached hydrogen (secondary N) is 2. The number of nitrogens with zero attached hydrogens (tertiary/aromatic N) is 2. The molecule has 0 aliphatic carbocycles. The largest absolute Gasteiger partial charge is 0.310 e. The lowest BCUT2D eigenvalue weighted by atomic mass is 10.1. The summed E-state index contributed by atoms with van der Waals surface area (Å²) in [4.78, 5) is 18.5. The van der Waals surface area contributed by atoms with Gasteiger partial charge in [-0.25, -0.2) is 4.98 Å². The zero-order valence-electron chi connectivity index (χ0n) is 11.3. The first-order chi connectivity index (χ1) is 9.69. The number of rotatable bonds is 3. The molecule has 1 aromatic rings. The first-order valence-electron chi connectivity index (χ1n) is 7.09. The van der Waals surface area contributed by atoms with E-state index in [1.54, 1.807) is 12.3 Å². The van der Waals surface area contributed by atoms with Crippen molar-refractivity contribution in [3.8, 4) is 0 Å². The summed E-state index contributed by atoms with van der Waals surface area (Å²) in [5.41, 5.74) is 0. The predicted octanol–water partition coefficient (Wildman–Crippen LogP) is 1.61. The van der Waals surface area contributed by atoms with Crippen LogP contribution in [-0.4, -0.2) is 47.5 Å². The fraction of sp³-hybridized carbons (Fsp3) is 0.571. The van der Waals surface area contributed by atoms with E-state index in [9.17, 15) is 4.79 Å². The number of fused-ring (bicyclic) bond motifs is 2. The number of anilines is 1. The van der Waals surface area contributed by atoms with Crippen molar-refractivity contribution in [2.45, 2.75) is 31.3 Å². The molecule has 0 spiro atoms. The van der Waals surface area contributed by atoms with Crippen molar-refractivity contribution in [2.24, 2.45) is 0 Å². The molecule has 108 valence electrons. The Balaban J connectivity index is 1.52. The molecule has 2 atom stereocenters. The fourth-order valence-electron chi connectivity index (χ4n) is 2.99. The maximum atomic E-state index is 12.1. The molecule has 1 amide bonds. The first-order valence-corrected chi connectivity index (χ1v) is 7.88. The van der Waals surface area contributed by atoms with Gasteiger partial charge in [0.2, 0.25) is 5.91 Å². The van der Waals surface area contributed by atoms with Crippen molar-refractivity contribution >= 4 is 27.7 Å². The van der Waals surface area contributed by atoms with Crippen LogP contribution in [0, 0.1) is 0 Å². The molecule has 2 unspecified atom stereocenters. The van der Waals surface area contributed by atoms with Gasteiger partial charge in [-0.1, -0.05) is 0 Å². The molecule has 1 aromatic heterocycles. The Hall–Kier alpha value is -0.980. The number of halogens is 1. The third-order valence-electron chi connectivity index (χ3n) is 3.97. The van der Waals surface area contributed by atoms with Crippen molar-refractivity contribution in [1.82, 2.24) is 15.2 Å². The molecule has 5 nitrogen and oxygen atoms in total. The number of aromatic nitrogens is 1. The number of carbonyl (C=O) groups excluding carboxylic acids is 1. The molecule has 0 aromatic carbocycles. The Morgan fingerprint density at radius 2 is 2.25 bits per heavy atom. The molecule has 2 bridgehead atoms. The standard InChI is InChI=1S/C14H19BrN4O/c15-10-1-4-13(16-7-10)18-14(20)9-19-6-5-11-2-3-12(8-19)17-11/h1,4,7,11-12,17H,2-3,5-6,8-9H2,(H,16,18,20). The molecular formula is C14H19BrN4O. The van der Waals surface area contributed by atoms with Gasteiger partial charge < -0.3 is 10.6 Å². The van der Waals surface area contributed by atoms with Gasteiger partial charge in [0.25, 0.3) is 0 Å². The molecule has 0 radical (unpaired) electrons. The average Bonchev–Trinajstić information content (AvgIpc) is 2.76. The summed E-state index contributed by atoms with van der Waals surface area (Å²) < 4.78 is 0.908. The predicted molar refractivity (Wildman–Crippen MR) is 81.6 cm³/mol. The molecule has 20 heavy (non-hydrogen) atoms. The minimum atomic E-state index is 0.0117. The summed E-state index contributed by atoms with van der Waals surface area (Å²) in [6, 6.07) is 4.88. The summed E-state index contributed by atoms with van der Waals surface area (Å²) in [6.07, 6.45) is 5.34. The maximum Gasteiger partial charge on any atom is 0.239 e. The van der Waals surface area contributed by atoms with Gasteiger partial charge >= 0.3 is 0 Å². The molecule has 6 heteroatoms. The van der Waals surface area contributed by atoms with Gasteiger partial charge in [0.15, 0.2) is 0 Å². The molecule has 3 rings (SSSR count). The minimum Gasteiger partial charge on any atom is -0.310 e. The van der Waals surface area contributed by atoms with Crippen LogP contribution in [0.1, 0.15) is 19.3 Å². The molecule has 2 aliphatic heterocycles. The number of pyridine rings is 1. The lowest BCUT2D eigenvalue weighted by Gasteiger charge is -2.23. The van der Waals surface area contributed by atoms with Gasteiger partial charge in [-0.2, -0.15) is 0 Å². The summed E-state index contributed by atoms with van der Waals surface area (Å²) in [7, 11) is 0. The van der Waals surface area contributed by atoms with E-state index in [4.69, 9.17) is 0 Å². The van der Waals surface area contributed by atoms with E-state index in [1.165, 1.54) is 12.8 Å². The number of amides is 1. The second-order valence-corrected chi connectivity index (χ2v) is 6.49. The maximum absolute atomic E-state index is 12.1. The highest BCUT2D eigenvalue weighted by molar-refractivity contribution is 9.10. The Morgan fingerprint density at radius 1 is 1.40 bits per heavy atom. The van der Waals surface area contributed by atoms with Crippen LogP contribution in [0.3, 0.4) is 0 Å². The van der Waals surface area contributed by atoms with Gasteiger partial charge in [0, 0.05) is 35.8 Å². The topological polar surface area (TPSA) is 57.3 Å². The van der Waals surface area contributed by atoms with Crippen LogP contribution in [-0.2, 0) is 4.79 Å². The van der Waals surface area contributed by atoms with Crippen molar-refractivity contribution < 1.29 is 4.79 Å². The van der Waals surface area contributed by atoms with Crippen LogP contribution in [0.25, 0.3) is 0 Å². The quantitative estimate of drug-likeness (QED) is 0.879. The first kappa shape index (κ1) is 14.0. The van der Waals surface area contributed by atoms with Crippen molar-refractivity contribution in [1.29, 1.82) is 0 Å². The summed E-state index contributed by atoms with van der Waals surface area (Å²) >= 11 is 3.33. The van der Waals surface area contributed by atoms with Crippen LogP contribution in [0.5, 0.6) is 0 Å². The monoisotopic (exact) mass is 338 g/mol. The Kier molecular flexibility index (Phi) is 4.33. The van der Waals surface area contributed by atoms with Crippen LogP contribution >= 0.6 is 15.9 Å². The number of likely N-dealkylation sites (tertiary alicyclic amines) is 1. The summed E-state index contributed by atoms with van der Waals surface area (Å²) in [6.45, 7) is 2.41. The van der Waals surface area contributed by atoms with Crippen LogP contribution in [0.15, 0.2) is 22.8 Å². The average molecular weight is 339 g/mol. The minimum absolute atomic E-state index is 0.0117. The third-order valence-corrected chi connectivity index (χ3v) is 4.44. The molecule has 2 saturated heterocycles. The number of hydrogen-bond donors (Lipinski definition) is 2. The smallest absolute Gasteiger partial charge is 0.239 e. The second kappa shape index (κ2) is 6.20. The van der Waals surface area contributed by atoms with Gasteiger partial charge in [0.05, 0.1) is 6.54 Å². The molecule has 2 aliphatic rings. The van der Waals surface area contributed by atoms with Crippen LogP contribution in [0.4, 0.5) is 5.82 Å². The van der Waals surface area contributed by atoms with Crippen molar-refractivity contribution in [2.75, 3.05) is 25.0 Å². The van der Waals surface area contributed by atoms with E-state index < -0.39 is 0 Å². The van der Waals surface area contributed by atoms with Crippen LogP contribution < -0.4 is 10.6 Å². The highest BCUT2D eigenvalue weighted by atomic mass is 79.9. The molecular weight excluding hydrogens is 320 g/mol. The number of carbonyl (C=O) groups is 1. The Bertz CT molecular complexity index is 479.